The van der Waals surface area contributed by atoms with E-state index in [9.17, 15) is 18.0 Å². The number of carbonyl (C=O) groups excluding carboxylic acids is 1. The predicted octanol–water partition coefficient (Wildman–Crippen LogP) is 4.03. The smallest absolute Gasteiger partial charge is 0.364 e. The van der Waals surface area contributed by atoms with E-state index >= 15 is 0 Å². The first-order valence-electron chi connectivity index (χ1n) is 7.74. The zero-order chi connectivity index (χ0) is 19.6. The highest BCUT2D eigenvalue weighted by molar-refractivity contribution is 5.92. The molecule has 0 saturated carbocycles. The average molecular weight is 377 g/mol. The minimum absolute atomic E-state index is 0.0225. The summed E-state index contributed by atoms with van der Waals surface area (Å²) in [6.45, 7) is 3.45. The second-order valence-corrected chi connectivity index (χ2v) is 5.66. The van der Waals surface area contributed by atoms with Crippen LogP contribution < -0.4 is 5.32 Å². The Labute approximate surface area is 151 Å². The van der Waals surface area contributed by atoms with Crippen LogP contribution >= 0.6 is 0 Å². The minimum atomic E-state index is -4.42. The molecular formula is C18H14F3N3O3. The normalized spacial score (nSPS) is 11.4. The molecule has 0 saturated heterocycles. The molecule has 0 atom stereocenters. The third-order valence-corrected chi connectivity index (χ3v) is 3.87. The largest absolute Gasteiger partial charge is 0.416 e. The highest BCUT2D eigenvalue weighted by atomic mass is 19.4. The summed E-state index contributed by atoms with van der Waals surface area (Å²) in [7, 11) is 0. The van der Waals surface area contributed by atoms with Crippen molar-refractivity contribution in [3.05, 3.63) is 66.2 Å². The molecular weight excluding hydrogens is 363 g/mol. The first kappa shape index (κ1) is 18.5. The maximum absolute atomic E-state index is 12.8. The number of para-hydroxylation sites is 1. The number of benzene rings is 2. The Hall–Kier alpha value is -3.33. The van der Waals surface area contributed by atoms with Crippen molar-refractivity contribution < 1.29 is 28.1 Å². The molecule has 2 aromatic carbocycles. The van der Waals surface area contributed by atoms with Gasteiger partial charge in [-0.15, -0.1) is 5.10 Å². The monoisotopic (exact) mass is 377 g/mol. The van der Waals surface area contributed by atoms with Gasteiger partial charge in [-0.25, -0.2) is 9.48 Å². The van der Waals surface area contributed by atoms with Crippen LogP contribution in [0.1, 0.15) is 5.56 Å². The van der Waals surface area contributed by atoms with Crippen LogP contribution in [0.3, 0.4) is 0 Å². The topological polar surface area (TPSA) is 76.4 Å². The second kappa shape index (κ2) is 7.12. The van der Waals surface area contributed by atoms with Crippen molar-refractivity contribution in [1.82, 2.24) is 9.78 Å². The molecule has 1 aromatic heterocycles. The molecule has 0 fully saturated rings. The lowest BCUT2D eigenvalue weighted by Crippen LogP contribution is -2.14. The number of nitrogens with zero attached hydrogens (tertiary/aromatic N) is 2. The van der Waals surface area contributed by atoms with Gasteiger partial charge in [-0.05, 0) is 36.4 Å². The van der Waals surface area contributed by atoms with Crippen molar-refractivity contribution in [2.45, 2.75) is 6.18 Å². The lowest BCUT2D eigenvalue weighted by molar-refractivity contribution is -0.229. The van der Waals surface area contributed by atoms with Gasteiger partial charge in [-0.1, -0.05) is 18.7 Å². The van der Waals surface area contributed by atoms with Crippen molar-refractivity contribution in [3.8, 4) is 5.69 Å². The van der Waals surface area contributed by atoms with Crippen LogP contribution in [0.15, 0.2) is 60.7 Å². The third kappa shape index (κ3) is 3.77. The molecule has 0 aliphatic rings. The predicted molar refractivity (Wildman–Crippen MR) is 92.4 cm³/mol. The highest BCUT2D eigenvalue weighted by Gasteiger charge is 2.30. The lowest BCUT2D eigenvalue weighted by Gasteiger charge is -2.08. The van der Waals surface area contributed by atoms with E-state index < -0.39 is 17.7 Å². The van der Waals surface area contributed by atoms with Crippen LogP contribution in [0.5, 0.6) is 0 Å². The number of alkyl halides is 3. The number of aromatic nitrogens is 2. The zero-order valence-electron chi connectivity index (χ0n) is 13.8. The second-order valence-electron chi connectivity index (χ2n) is 5.66. The van der Waals surface area contributed by atoms with Gasteiger partial charge in [-0.2, -0.15) is 18.4 Å². The maximum atomic E-state index is 12.8. The molecule has 6 nitrogen and oxygen atoms in total. The number of hydrogen-bond acceptors (Lipinski definition) is 5. The summed E-state index contributed by atoms with van der Waals surface area (Å²) in [4.78, 5) is 14.8. The molecule has 0 aliphatic carbocycles. The first-order valence-corrected chi connectivity index (χ1v) is 7.74. The number of carbonyl (C=O) groups is 1. The van der Waals surface area contributed by atoms with Crippen LogP contribution in [-0.2, 0) is 15.9 Å². The van der Waals surface area contributed by atoms with Crippen molar-refractivity contribution >= 4 is 22.7 Å². The van der Waals surface area contributed by atoms with Gasteiger partial charge in [0.05, 0.1) is 22.3 Å². The molecule has 3 rings (SSSR count). The minimum Gasteiger partial charge on any atom is -0.364 e. The van der Waals surface area contributed by atoms with E-state index in [2.05, 4.69) is 21.9 Å². The summed E-state index contributed by atoms with van der Waals surface area (Å²) in [5, 5.41) is 16.3. The third-order valence-electron chi connectivity index (χ3n) is 3.87. The molecule has 140 valence electrons. The molecule has 0 bridgehead atoms. The fourth-order valence-electron chi connectivity index (χ4n) is 2.51. The van der Waals surface area contributed by atoms with Crippen molar-refractivity contribution in [1.29, 1.82) is 0 Å². The Bertz CT molecular complexity index is 994. The number of rotatable bonds is 5. The molecule has 9 heteroatoms. The zero-order valence-corrected chi connectivity index (χ0v) is 13.8. The Morgan fingerprint density at radius 3 is 2.48 bits per heavy atom. The quantitative estimate of drug-likeness (QED) is 0.399. The number of anilines is 1. The van der Waals surface area contributed by atoms with Crippen LogP contribution in [0.4, 0.5) is 19.0 Å². The standard InChI is InChI=1S/C18H14F3N3O3/c1-11(17(25)27-26)10-22-16-14-4-2-3-5-15(14)24(23-16)13-8-6-12(7-9-13)18(19,20)21/h2-9,26H,1,10H2,(H,22,23). The molecule has 1 heterocycles. The van der Waals surface area contributed by atoms with Gasteiger partial charge in [0.15, 0.2) is 5.82 Å². The Morgan fingerprint density at radius 1 is 1.19 bits per heavy atom. The fraction of sp³-hybridized carbons (Fsp3) is 0.111. The Morgan fingerprint density at radius 2 is 1.85 bits per heavy atom. The Kier molecular flexibility index (Phi) is 4.87. The average Bonchev–Trinajstić information content (AvgIpc) is 3.03. The number of fused-ring (bicyclic) bond motifs is 1. The molecule has 3 aromatic rings. The number of hydrogen-bond donors (Lipinski definition) is 2. The van der Waals surface area contributed by atoms with Crippen LogP contribution in [-0.4, -0.2) is 27.6 Å². The number of nitrogens with one attached hydrogen (secondary N) is 1. The van der Waals surface area contributed by atoms with E-state index in [0.717, 1.165) is 12.1 Å². The highest BCUT2D eigenvalue weighted by Crippen LogP contribution is 2.31. The molecule has 2 N–H and O–H groups in total. The van der Waals surface area contributed by atoms with Crippen LogP contribution in [0.25, 0.3) is 16.6 Å². The van der Waals surface area contributed by atoms with E-state index in [1.54, 1.807) is 24.3 Å². The van der Waals surface area contributed by atoms with E-state index in [-0.39, 0.29) is 12.1 Å². The van der Waals surface area contributed by atoms with E-state index in [4.69, 9.17) is 5.26 Å². The molecule has 0 amide bonds. The molecule has 27 heavy (non-hydrogen) atoms. The van der Waals surface area contributed by atoms with Gasteiger partial charge in [0, 0.05) is 11.9 Å². The van der Waals surface area contributed by atoms with Gasteiger partial charge in [0.25, 0.3) is 0 Å². The van der Waals surface area contributed by atoms with Gasteiger partial charge in [0.2, 0.25) is 0 Å². The molecule has 0 radical (unpaired) electrons. The maximum Gasteiger partial charge on any atom is 0.416 e. The molecule has 0 aliphatic heterocycles. The van der Waals surface area contributed by atoms with Crippen LogP contribution in [0.2, 0.25) is 0 Å². The SMILES string of the molecule is C=C(CNc1nn(-c2ccc(C(F)(F)F)cc2)c2ccccc12)C(=O)OO. The van der Waals surface area contributed by atoms with Crippen molar-refractivity contribution in [2.24, 2.45) is 0 Å². The van der Waals surface area contributed by atoms with Gasteiger partial charge >= 0.3 is 12.1 Å². The number of halogens is 3. The van der Waals surface area contributed by atoms with Gasteiger partial charge in [0.1, 0.15) is 0 Å². The summed E-state index contributed by atoms with van der Waals surface area (Å²) < 4.78 is 39.8. The van der Waals surface area contributed by atoms with Crippen LogP contribution in [0, 0.1) is 0 Å². The Balaban J connectivity index is 1.95. The van der Waals surface area contributed by atoms with E-state index in [0.29, 0.717) is 22.4 Å². The fourth-order valence-corrected chi connectivity index (χ4v) is 2.51. The summed E-state index contributed by atoms with van der Waals surface area (Å²) in [5.41, 5.74) is 0.335. The molecule has 0 spiro atoms. The summed E-state index contributed by atoms with van der Waals surface area (Å²) in [6.07, 6.45) is -4.42. The van der Waals surface area contributed by atoms with Crippen molar-refractivity contribution in [3.63, 3.8) is 0 Å². The first-order chi connectivity index (χ1) is 12.8. The summed E-state index contributed by atoms with van der Waals surface area (Å²) in [5.74, 6) is -0.577. The lowest BCUT2D eigenvalue weighted by atomic mass is 10.2. The van der Waals surface area contributed by atoms with E-state index in [1.807, 2.05) is 0 Å². The summed E-state index contributed by atoms with van der Waals surface area (Å²) >= 11 is 0. The van der Waals surface area contributed by atoms with Gasteiger partial charge < -0.3 is 5.32 Å². The van der Waals surface area contributed by atoms with E-state index in [1.165, 1.54) is 16.8 Å². The van der Waals surface area contributed by atoms with Gasteiger partial charge in [-0.3, -0.25) is 4.89 Å². The molecule has 0 unspecified atom stereocenters. The van der Waals surface area contributed by atoms with Crippen molar-refractivity contribution in [2.75, 3.05) is 11.9 Å². The summed E-state index contributed by atoms with van der Waals surface area (Å²) in [6, 6.07) is 11.7.